The molecule has 26 heavy (non-hydrogen) atoms. The molecule has 2 aliphatic rings. The molecular formula is C21H22O5. The van der Waals surface area contributed by atoms with Gasteiger partial charge in [0.2, 0.25) is 0 Å². The fraction of sp³-hybridized carbons (Fsp3) is 0.333. The number of ether oxygens (including phenoxy) is 3. The number of hydrogen-bond donors (Lipinski definition) is 2. The summed E-state index contributed by atoms with van der Waals surface area (Å²) in [5.41, 5.74) is 2.25. The molecule has 5 heteroatoms. The predicted octanol–water partition coefficient (Wildman–Crippen LogP) is 4.01. The number of hydrogen-bond acceptors (Lipinski definition) is 5. The first-order valence-corrected chi connectivity index (χ1v) is 8.65. The molecule has 0 radical (unpaired) electrons. The molecule has 0 spiro atoms. The van der Waals surface area contributed by atoms with E-state index in [2.05, 4.69) is 0 Å². The average molecular weight is 354 g/mol. The standard InChI is InChI=1S/C21H22O5/c1-21(2)7-6-15-19(26-21)10-18-16(20(15)24-3)8-12(11-25-18)14-5-4-13(22)9-17(14)23/h4-7,9-10,12,22-23H,8,11H2,1-3H3/t12-/m1/s1. The molecule has 1 atom stereocenters. The lowest BCUT2D eigenvalue weighted by atomic mass is 9.87. The number of phenolic OH excluding ortho intramolecular Hbond substituents is 2. The third-order valence-corrected chi connectivity index (χ3v) is 4.92. The van der Waals surface area contributed by atoms with Crippen LogP contribution in [0, 0.1) is 0 Å². The molecule has 2 aromatic carbocycles. The van der Waals surface area contributed by atoms with Gasteiger partial charge in [0.15, 0.2) is 0 Å². The Labute approximate surface area is 152 Å². The van der Waals surface area contributed by atoms with Crippen molar-refractivity contribution in [2.24, 2.45) is 0 Å². The number of aromatic hydroxyl groups is 2. The van der Waals surface area contributed by atoms with Gasteiger partial charge in [-0.15, -0.1) is 0 Å². The lowest BCUT2D eigenvalue weighted by Gasteiger charge is -2.33. The Morgan fingerprint density at radius 3 is 2.69 bits per heavy atom. The third-order valence-electron chi connectivity index (χ3n) is 4.92. The van der Waals surface area contributed by atoms with E-state index in [4.69, 9.17) is 14.2 Å². The van der Waals surface area contributed by atoms with Crippen LogP contribution in [0.25, 0.3) is 6.08 Å². The van der Waals surface area contributed by atoms with Crippen LogP contribution in [0.1, 0.15) is 36.5 Å². The van der Waals surface area contributed by atoms with E-state index in [9.17, 15) is 10.2 Å². The second kappa shape index (κ2) is 5.87. The van der Waals surface area contributed by atoms with E-state index < -0.39 is 0 Å². The predicted molar refractivity (Wildman–Crippen MR) is 98.4 cm³/mol. The number of methoxy groups -OCH3 is 1. The quantitative estimate of drug-likeness (QED) is 0.853. The first kappa shape index (κ1) is 16.6. The monoisotopic (exact) mass is 354 g/mol. The molecule has 0 amide bonds. The van der Waals surface area contributed by atoms with Crippen LogP contribution in [0.15, 0.2) is 30.3 Å². The van der Waals surface area contributed by atoms with Gasteiger partial charge in [0.05, 0.1) is 19.3 Å². The van der Waals surface area contributed by atoms with Crippen LogP contribution in [0.2, 0.25) is 0 Å². The van der Waals surface area contributed by atoms with Gasteiger partial charge in [0.1, 0.15) is 34.3 Å². The second-order valence-corrected chi connectivity index (χ2v) is 7.29. The summed E-state index contributed by atoms with van der Waals surface area (Å²) in [6.45, 7) is 4.44. The highest BCUT2D eigenvalue weighted by molar-refractivity contribution is 5.72. The van der Waals surface area contributed by atoms with Crippen LogP contribution in [-0.2, 0) is 6.42 Å². The minimum Gasteiger partial charge on any atom is -0.508 e. The summed E-state index contributed by atoms with van der Waals surface area (Å²) < 4.78 is 17.8. The van der Waals surface area contributed by atoms with Gasteiger partial charge in [0.25, 0.3) is 0 Å². The largest absolute Gasteiger partial charge is 0.508 e. The fourth-order valence-electron chi connectivity index (χ4n) is 3.64. The molecule has 0 aromatic heterocycles. The normalized spacial score (nSPS) is 19.7. The molecule has 0 aliphatic carbocycles. The van der Waals surface area contributed by atoms with Gasteiger partial charge in [-0.25, -0.2) is 0 Å². The van der Waals surface area contributed by atoms with Crippen molar-refractivity contribution >= 4 is 6.08 Å². The molecule has 136 valence electrons. The number of benzene rings is 2. The van der Waals surface area contributed by atoms with Crippen LogP contribution in [0.3, 0.4) is 0 Å². The van der Waals surface area contributed by atoms with E-state index in [-0.39, 0.29) is 23.0 Å². The zero-order chi connectivity index (χ0) is 18.5. The lowest BCUT2D eigenvalue weighted by Crippen LogP contribution is -2.28. The minimum absolute atomic E-state index is 0.0278. The van der Waals surface area contributed by atoms with Crippen molar-refractivity contribution in [3.63, 3.8) is 0 Å². The maximum atomic E-state index is 10.2. The fourth-order valence-corrected chi connectivity index (χ4v) is 3.64. The zero-order valence-corrected chi connectivity index (χ0v) is 15.1. The molecule has 0 unspecified atom stereocenters. The molecular weight excluding hydrogens is 332 g/mol. The summed E-state index contributed by atoms with van der Waals surface area (Å²) in [4.78, 5) is 0. The molecule has 2 N–H and O–H groups in total. The SMILES string of the molecule is COc1c2c(cc3c1C[C@@H](c1ccc(O)cc1O)CO3)OC(C)(C)C=C2. The Kier molecular flexibility index (Phi) is 3.75. The third kappa shape index (κ3) is 2.73. The lowest BCUT2D eigenvalue weighted by molar-refractivity contribution is 0.156. The average Bonchev–Trinajstić information content (AvgIpc) is 2.58. The molecule has 4 rings (SSSR count). The highest BCUT2D eigenvalue weighted by Crippen LogP contribution is 2.48. The molecule has 2 heterocycles. The highest BCUT2D eigenvalue weighted by Gasteiger charge is 2.32. The molecule has 2 aromatic rings. The molecule has 5 nitrogen and oxygen atoms in total. The van der Waals surface area contributed by atoms with Gasteiger partial charge < -0.3 is 24.4 Å². The summed E-state index contributed by atoms with van der Waals surface area (Å²) in [7, 11) is 1.64. The number of fused-ring (bicyclic) bond motifs is 2. The zero-order valence-electron chi connectivity index (χ0n) is 15.1. The maximum absolute atomic E-state index is 10.2. The van der Waals surface area contributed by atoms with Gasteiger partial charge in [-0.05, 0) is 38.5 Å². The topological polar surface area (TPSA) is 68.2 Å². The van der Waals surface area contributed by atoms with E-state index in [1.807, 2.05) is 32.1 Å². The van der Waals surface area contributed by atoms with Crippen molar-refractivity contribution in [3.8, 4) is 28.7 Å². The Hall–Kier alpha value is -2.82. The van der Waals surface area contributed by atoms with Gasteiger partial charge >= 0.3 is 0 Å². The van der Waals surface area contributed by atoms with Crippen molar-refractivity contribution in [1.82, 2.24) is 0 Å². The maximum Gasteiger partial charge on any atom is 0.136 e. The van der Waals surface area contributed by atoms with E-state index in [1.54, 1.807) is 19.2 Å². The van der Waals surface area contributed by atoms with Crippen LogP contribution in [-0.4, -0.2) is 29.5 Å². The van der Waals surface area contributed by atoms with Crippen LogP contribution < -0.4 is 14.2 Å². The van der Waals surface area contributed by atoms with Crippen molar-refractivity contribution in [2.45, 2.75) is 31.8 Å². The van der Waals surface area contributed by atoms with E-state index >= 15 is 0 Å². The molecule has 2 aliphatic heterocycles. The summed E-state index contributed by atoms with van der Waals surface area (Å²) in [5, 5.41) is 19.7. The van der Waals surface area contributed by atoms with E-state index in [0.29, 0.717) is 13.0 Å². The molecule has 0 fully saturated rings. The summed E-state index contributed by atoms with van der Waals surface area (Å²) in [6, 6.07) is 6.59. The Morgan fingerprint density at radius 2 is 1.96 bits per heavy atom. The molecule has 0 saturated carbocycles. The van der Waals surface area contributed by atoms with E-state index in [1.165, 1.54) is 6.07 Å². The van der Waals surface area contributed by atoms with Crippen LogP contribution in [0.5, 0.6) is 28.7 Å². The summed E-state index contributed by atoms with van der Waals surface area (Å²) in [6.07, 6.45) is 4.71. The Morgan fingerprint density at radius 1 is 1.15 bits per heavy atom. The number of phenols is 2. The Balaban J connectivity index is 1.75. The van der Waals surface area contributed by atoms with Gasteiger partial charge in [-0.3, -0.25) is 0 Å². The molecule has 0 saturated heterocycles. The first-order chi connectivity index (χ1) is 12.4. The second-order valence-electron chi connectivity index (χ2n) is 7.29. The first-order valence-electron chi connectivity index (χ1n) is 8.65. The minimum atomic E-state index is -0.374. The Bertz CT molecular complexity index is 898. The van der Waals surface area contributed by atoms with Gasteiger partial charge in [-0.2, -0.15) is 0 Å². The molecule has 0 bridgehead atoms. The van der Waals surface area contributed by atoms with Crippen molar-refractivity contribution in [1.29, 1.82) is 0 Å². The summed E-state index contributed by atoms with van der Waals surface area (Å²) in [5.74, 6) is 2.33. The van der Waals surface area contributed by atoms with Crippen LogP contribution >= 0.6 is 0 Å². The smallest absolute Gasteiger partial charge is 0.136 e. The van der Waals surface area contributed by atoms with Gasteiger partial charge in [0, 0.05) is 29.2 Å². The summed E-state index contributed by atoms with van der Waals surface area (Å²) >= 11 is 0. The van der Waals surface area contributed by atoms with Gasteiger partial charge in [-0.1, -0.05) is 6.07 Å². The van der Waals surface area contributed by atoms with Crippen molar-refractivity contribution in [2.75, 3.05) is 13.7 Å². The van der Waals surface area contributed by atoms with Crippen LogP contribution in [0.4, 0.5) is 0 Å². The van der Waals surface area contributed by atoms with Crippen molar-refractivity contribution < 1.29 is 24.4 Å². The van der Waals surface area contributed by atoms with Crippen molar-refractivity contribution in [3.05, 3.63) is 47.0 Å². The highest BCUT2D eigenvalue weighted by atomic mass is 16.5. The van der Waals surface area contributed by atoms with E-state index in [0.717, 1.165) is 33.9 Å². The number of rotatable bonds is 2.